The summed E-state index contributed by atoms with van der Waals surface area (Å²) < 4.78 is 0. The van der Waals surface area contributed by atoms with Gasteiger partial charge in [-0.05, 0) is 37.0 Å². The van der Waals surface area contributed by atoms with Gasteiger partial charge in [-0.1, -0.05) is 51.5 Å². The van der Waals surface area contributed by atoms with Crippen molar-refractivity contribution in [1.29, 1.82) is 0 Å². The summed E-state index contributed by atoms with van der Waals surface area (Å²) in [6.07, 6.45) is 8.39. The number of aromatic nitrogens is 2. The highest BCUT2D eigenvalue weighted by atomic mass is 14.7. The van der Waals surface area contributed by atoms with Crippen molar-refractivity contribution in [2.24, 2.45) is 16.6 Å². The Morgan fingerprint density at radius 1 is 1.17 bits per heavy atom. The van der Waals surface area contributed by atoms with Crippen LogP contribution >= 0.6 is 0 Å². The quantitative estimate of drug-likeness (QED) is 0.508. The molecule has 0 saturated carbocycles. The smallest absolute Gasteiger partial charge is 0.0785 e. The van der Waals surface area contributed by atoms with E-state index in [1.54, 1.807) is 6.20 Å². The van der Waals surface area contributed by atoms with Crippen molar-refractivity contribution in [3.63, 3.8) is 0 Å². The third-order valence-electron chi connectivity index (χ3n) is 4.89. The summed E-state index contributed by atoms with van der Waals surface area (Å²) in [5, 5.41) is 1.12. The van der Waals surface area contributed by atoms with Gasteiger partial charge < -0.3 is 5.73 Å². The summed E-state index contributed by atoms with van der Waals surface area (Å²) >= 11 is 0. The first-order chi connectivity index (χ1) is 14.1. The highest BCUT2D eigenvalue weighted by Gasteiger charge is 2.12. The molecule has 2 aromatic heterocycles. The van der Waals surface area contributed by atoms with E-state index in [2.05, 4.69) is 67.1 Å². The van der Waals surface area contributed by atoms with Gasteiger partial charge in [0.15, 0.2) is 0 Å². The summed E-state index contributed by atoms with van der Waals surface area (Å²) in [6, 6.07) is 14.5. The van der Waals surface area contributed by atoms with Crippen LogP contribution in [0.3, 0.4) is 0 Å². The lowest BCUT2D eigenvalue weighted by Gasteiger charge is -2.12. The number of aliphatic imine (C=N–C) groups is 1. The van der Waals surface area contributed by atoms with Crippen LogP contribution < -0.4 is 5.73 Å². The summed E-state index contributed by atoms with van der Waals surface area (Å²) in [5.41, 5.74) is 11.9. The fraction of sp³-hybridized carbons (Fsp3) is 0.320. The molecule has 3 rings (SSSR count). The summed E-state index contributed by atoms with van der Waals surface area (Å²) in [6.45, 7) is 7.38. The van der Waals surface area contributed by atoms with Crippen molar-refractivity contribution in [3.05, 3.63) is 66.1 Å². The predicted octanol–water partition coefficient (Wildman–Crippen LogP) is 5.67. The van der Waals surface area contributed by atoms with Gasteiger partial charge in [0, 0.05) is 52.9 Å². The first-order valence-corrected chi connectivity index (χ1v) is 10.4. The Morgan fingerprint density at radius 3 is 2.79 bits per heavy atom. The molecule has 0 unspecified atom stereocenters. The molecule has 4 heteroatoms. The molecule has 0 aliphatic rings. The van der Waals surface area contributed by atoms with Crippen LogP contribution in [0.25, 0.3) is 27.7 Å². The van der Waals surface area contributed by atoms with Gasteiger partial charge >= 0.3 is 0 Å². The Morgan fingerprint density at radius 2 is 2.03 bits per heavy atom. The molecule has 2 heterocycles. The molecule has 0 spiro atoms. The highest BCUT2D eigenvalue weighted by molar-refractivity contribution is 6.11. The molecule has 0 fully saturated rings. The van der Waals surface area contributed by atoms with Gasteiger partial charge in [-0.2, -0.15) is 0 Å². The number of pyridine rings is 2. The SMILES string of the molecule is CCCc1ccc(/C(C=NCCC(C)C)=C/N)c(-c2ccc3cccnc3c2)n1. The Kier molecular flexibility index (Phi) is 7.12. The number of nitrogens with two attached hydrogens (primary N) is 1. The molecule has 2 N–H and O–H groups in total. The van der Waals surface area contributed by atoms with E-state index in [0.29, 0.717) is 5.92 Å². The van der Waals surface area contributed by atoms with Crippen molar-refractivity contribution >= 4 is 22.7 Å². The molecule has 0 aliphatic carbocycles. The van der Waals surface area contributed by atoms with E-state index in [1.165, 1.54) is 0 Å². The normalized spacial score (nSPS) is 12.3. The van der Waals surface area contributed by atoms with E-state index in [9.17, 15) is 0 Å². The Bertz CT molecular complexity index is 1020. The van der Waals surface area contributed by atoms with E-state index >= 15 is 0 Å². The Balaban J connectivity index is 2.04. The number of allylic oxidation sites excluding steroid dienone is 1. The van der Waals surface area contributed by atoms with Crippen molar-refractivity contribution in [1.82, 2.24) is 9.97 Å². The van der Waals surface area contributed by atoms with E-state index in [1.807, 2.05) is 18.5 Å². The number of rotatable bonds is 8. The average Bonchev–Trinajstić information content (AvgIpc) is 2.74. The second-order valence-electron chi connectivity index (χ2n) is 7.70. The molecular weight excluding hydrogens is 356 g/mol. The van der Waals surface area contributed by atoms with Gasteiger partial charge in [0.1, 0.15) is 0 Å². The molecule has 0 saturated heterocycles. The lowest BCUT2D eigenvalue weighted by Crippen LogP contribution is -2.01. The maximum absolute atomic E-state index is 5.99. The summed E-state index contributed by atoms with van der Waals surface area (Å²) in [5.74, 6) is 0.633. The van der Waals surface area contributed by atoms with Crippen LogP contribution in [0.1, 0.15) is 44.9 Å². The third-order valence-corrected chi connectivity index (χ3v) is 4.89. The fourth-order valence-corrected chi connectivity index (χ4v) is 3.26. The molecule has 29 heavy (non-hydrogen) atoms. The molecule has 4 nitrogen and oxygen atoms in total. The molecule has 3 aromatic rings. The van der Waals surface area contributed by atoms with E-state index < -0.39 is 0 Å². The van der Waals surface area contributed by atoms with Crippen LogP contribution in [0.5, 0.6) is 0 Å². The molecular formula is C25H30N4. The lowest BCUT2D eigenvalue weighted by molar-refractivity contribution is 0.598. The molecule has 150 valence electrons. The van der Waals surface area contributed by atoms with Crippen molar-refractivity contribution in [2.75, 3.05) is 6.54 Å². The van der Waals surface area contributed by atoms with Crippen molar-refractivity contribution in [3.8, 4) is 11.3 Å². The number of hydrogen-bond acceptors (Lipinski definition) is 4. The van der Waals surface area contributed by atoms with Crippen LogP contribution in [0.15, 0.2) is 59.9 Å². The second-order valence-corrected chi connectivity index (χ2v) is 7.70. The molecule has 0 bridgehead atoms. The standard InChI is InChI=1S/C25H30N4/c1-4-6-22-10-11-23(21(16-26)17-27-14-12-18(2)3)25(29-22)20-9-8-19-7-5-13-28-24(19)15-20/h5,7-11,13,15-18H,4,6,12,14,26H2,1-3H3/b21-16+,27-17?. The van der Waals surface area contributed by atoms with Gasteiger partial charge in [-0.15, -0.1) is 0 Å². The molecule has 0 radical (unpaired) electrons. The van der Waals surface area contributed by atoms with Crippen LogP contribution in [0, 0.1) is 5.92 Å². The monoisotopic (exact) mass is 386 g/mol. The van der Waals surface area contributed by atoms with E-state index in [-0.39, 0.29) is 0 Å². The Labute approximate surface area is 173 Å². The number of fused-ring (bicyclic) bond motifs is 1. The predicted molar refractivity (Wildman–Crippen MR) is 124 cm³/mol. The van der Waals surface area contributed by atoms with Crippen LogP contribution in [-0.2, 0) is 6.42 Å². The lowest BCUT2D eigenvalue weighted by atomic mass is 9.98. The molecule has 0 aliphatic heterocycles. The first kappa shape index (κ1) is 20.7. The molecule has 0 amide bonds. The molecule has 1 aromatic carbocycles. The van der Waals surface area contributed by atoms with Crippen LogP contribution in [0.4, 0.5) is 0 Å². The number of aryl methyl sites for hydroxylation is 1. The van der Waals surface area contributed by atoms with Crippen molar-refractivity contribution in [2.45, 2.75) is 40.0 Å². The third kappa shape index (κ3) is 5.29. The second kappa shape index (κ2) is 9.97. The average molecular weight is 387 g/mol. The van der Waals surface area contributed by atoms with E-state index in [0.717, 1.165) is 64.8 Å². The van der Waals surface area contributed by atoms with Crippen LogP contribution in [0.2, 0.25) is 0 Å². The zero-order valence-electron chi connectivity index (χ0n) is 17.6. The van der Waals surface area contributed by atoms with Gasteiger partial charge in [0.2, 0.25) is 0 Å². The van der Waals surface area contributed by atoms with Crippen molar-refractivity contribution < 1.29 is 0 Å². The minimum atomic E-state index is 0.633. The largest absolute Gasteiger partial charge is 0.404 e. The maximum Gasteiger partial charge on any atom is 0.0785 e. The first-order valence-electron chi connectivity index (χ1n) is 10.4. The van der Waals surface area contributed by atoms with Gasteiger partial charge in [-0.3, -0.25) is 15.0 Å². The number of nitrogens with zero attached hydrogens (tertiary/aromatic N) is 3. The topological polar surface area (TPSA) is 64.2 Å². The summed E-state index contributed by atoms with van der Waals surface area (Å²) in [4.78, 5) is 14.1. The minimum absolute atomic E-state index is 0.633. The zero-order valence-corrected chi connectivity index (χ0v) is 17.6. The molecule has 0 atom stereocenters. The number of benzene rings is 1. The maximum atomic E-state index is 5.99. The summed E-state index contributed by atoms with van der Waals surface area (Å²) in [7, 11) is 0. The fourth-order valence-electron chi connectivity index (χ4n) is 3.26. The van der Waals surface area contributed by atoms with Gasteiger partial charge in [0.05, 0.1) is 11.2 Å². The number of hydrogen-bond donors (Lipinski definition) is 1. The van der Waals surface area contributed by atoms with E-state index in [4.69, 9.17) is 10.7 Å². The van der Waals surface area contributed by atoms with Gasteiger partial charge in [0.25, 0.3) is 0 Å². The highest BCUT2D eigenvalue weighted by Crippen LogP contribution is 2.29. The Hall–Kier alpha value is -3.01. The zero-order chi connectivity index (χ0) is 20.6. The minimum Gasteiger partial charge on any atom is -0.404 e. The van der Waals surface area contributed by atoms with Crippen LogP contribution in [-0.4, -0.2) is 22.7 Å². The van der Waals surface area contributed by atoms with Gasteiger partial charge in [-0.25, -0.2) is 0 Å².